The lowest BCUT2D eigenvalue weighted by molar-refractivity contribution is 0.0500. The molecule has 0 fully saturated rings. The van der Waals surface area contributed by atoms with E-state index < -0.39 is 0 Å². The smallest absolute Gasteiger partial charge is 0.338 e. The van der Waals surface area contributed by atoms with E-state index in [0.29, 0.717) is 17.7 Å². The van der Waals surface area contributed by atoms with E-state index in [1.165, 1.54) is 0 Å². The maximum Gasteiger partial charge on any atom is 0.338 e. The van der Waals surface area contributed by atoms with E-state index in [9.17, 15) is 4.79 Å². The summed E-state index contributed by atoms with van der Waals surface area (Å²) in [6.45, 7) is 2.50. The third-order valence-corrected chi connectivity index (χ3v) is 4.12. The van der Waals surface area contributed by atoms with E-state index in [1.807, 2.05) is 29.8 Å². The van der Waals surface area contributed by atoms with Crippen molar-refractivity contribution >= 4 is 17.0 Å². The predicted molar refractivity (Wildman–Crippen MR) is 96.1 cm³/mol. The number of nitriles is 1. The van der Waals surface area contributed by atoms with Crippen LogP contribution in [-0.2, 0) is 11.8 Å². The van der Waals surface area contributed by atoms with Crippen molar-refractivity contribution < 1.29 is 9.53 Å². The molecule has 0 bridgehead atoms. The second-order valence-corrected chi connectivity index (χ2v) is 5.88. The Balaban J connectivity index is 1.87. The van der Waals surface area contributed by atoms with Gasteiger partial charge in [-0.15, -0.1) is 0 Å². The molecule has 1 aromatic heterocycles. The zero-order valence-electron chi connectivity index (χ0n) is 14.3. The molecule has 0 radical (unpaired) electrons. The number of carbonyl (C=O) groups is 1. The topological polar surface area (TPSA) is 67.9 Å². The van der Waals surface area contributed by atoms with E-state index >= 15 is 0 Å². The lowest BCUT2D eigenvalue weighted by Gasteiger charge is -2.06. The number of ether oxygens (including phenoxy) is 1. The zero-order chi connectivity index (χ0) is 17.8. The maximum atomic E-state index is 12.0. The van der Waals surface area contributed by atoms with Crippen LogP contribution in [0.25, 0.3) is 22.4 Å². The van der Waals surface area contributed by atoms with Gasteiger partial charge in [0.1, 0.15) is 5.82 Å². The van der Waals surface area contributed by atoms with Gasteiger partial charge in [-0.1, -0.05) is 25.5 Å². The number of fused-ring (bicyclic) bond motifs is 1. The number of aryl methyl sites for hydroxylation is 1. The predicted octanol–water partition coefficient (Wildman–Crippen LogP) is 4.07. The Morgan fingerprint density at radius 1 is 1.24 bits per heavy atom. The van der Waals surface area contributed by atoms with Gasteiger partial charge in [-0.2, -0.15) is 5.26 Å². The minimum absolute atomic E-state index is 0.302. The van der Waals surface area contributed by atoms with E-state index in [0.717, 1.165) is 35.3 Å². The minimum Gasteiger partial charge on any atom is -0.462 e. The first-order valence-electron chi connectivity index (χ1n) is 8.28. The summed E-state index contributed by atoms with van der Waals surface area (Å²) in [4.78, 5) is 16.6. The lowest BCUT2D eigenvalue weighted by atomic mass is 10.1. The van der Waals surface area contributed by atoms with Crippen LogP contribution in [0, 0.1) is 11.3 Å². The van der Waals surface area contributed by atoms with Crippen LogP contribution in [0.5, 0.6) is 0 Å². The average molecular weight is 333 g/mol. The Morgan fingerprint density at radius 3 is 2.68 bits per heavy atom. The number of rotatable bonds is 5. The SMILES string of the molecule is CCCCOC(=O)c1ccc(-c2nc3cc(C#N)ccc3n2C)cc1. The summed E-state index contributed by atoms with van der Waals surface area (Å²) in [5, 5.41) is 9.02. The number of benzene rings is 2. The first kappa shape index (κ1) is 16.7. The first-order chi connectivity index (χ1) is 12.1. The van der Waals surface area contributed by atoms with Crippen LogP contribution in [0.15, 0.2) is 42.5 Å². The van der Waals surface area contributed by atoms with E-state index in [-0.39, 0.29) is 5.97 Å². The first-order valence-corrected chi connectivity index (χ1v) is 8.28. The summed E-state index contributed by atoms with van der Waals surface area (Å²) in [5.74, 6) is 0.486. The molecule has 0 unspecified atom stereocenters. The molecule has 5 nitrogen and oxygen atoms in total. The molecule has 3 rings (SSSR count). The van der Waals surface area contributed by atoms with Crippen LogP contribution in [0.2, 0.25) is 0 Å². The molecule has 5 heteroatoms. The number of unbranched alkanes of at least 4 members (excludes halogenated alkanes) is 1. The second kappa shape index (κ2) is 7.18. The van der Waals surface area contributed by atoms with Crippen molar-refractivity contribution in [2.45, 2.75) is 19.8 Å². The Morgan fingerprint density at radius 2 is 2.00 bits per heavy atom. The second-order valence-electron chi connectivity index (χ2n) is 5.88. The molecule has 3 aromatic rings. The molecule has 0 aliphatic heterocycles. The molecule has 0 saturated carbocycles. The van der Waals surface area contributed by atoms with Crippen molar-refractivity contribution in [3.63, 3.8) is 0 Å². The van der Waals surface area contributed by atoms with Gasteiger partial charge in [-0.3, -0.25) is 0 Å². The molecule has 25 heavy (non-hydrogen) atoms. The highest BCUT2D eigenvalue weighted by Crippen LogP contribution is 2.24. The molecule has 126 valence electrons. The normalized spacial score (nSPS) is 10.6. The fourth-order valence-electron chi connectivity index (χ4n) is 2.68. The van der Waals surface area contributed by atoms with Crippen LogP contribution in [0.1, 0.15) is 35.7 Å². The Bertz CT molecular complexity index is 949. The summed E-state index contributed by atoms with van der Waals surface area (Å²) < 4.78 is 7.20. The standard InChI is InChI=1S/C20H19N3O2/c1-3-4-11-25-20(24)16-8-6-15(7-9-16)19-22-17-12-14(13-21)5-10-18(17)23(19)2/h5-10,12H,3-4,11H2,1-2H3. The molecule has 0 spiro atoms. The van der Waals surface area contributed by atoms with Crippen LogP contribution < -0.4 is 0 Å². The number of imidazole rings is 1. The van der Waals surface area contributed by atoms with Gasteiger partial charge in [0.2, 0.25) is 0 Å². The molecule has 0 saturated heterocycles. The molecule has 0 aliphatic carbocycles. The van der Waals surface area contributed by atoms with Crippen molar-refractivity contribution in [2.75, 3.05) is 6.61 Å². The Kier molecular flexibility index (Phi) is 4.80. The number of nitrogens with zero attached hydrogens (tertiary/aromatic N) is 3. The summed E-state index contributed by atoms with van der Waals surface area (Å²) in [5.41, 5.74) is 3.76. The van der Waals surface area contributed by atoms with Crippen LogP contribution in [-0.4, -0.2) is 22.1 Å². The zero-order valence-corrected chi connectivity index (χ0v) is 14.3. The molecule has 2 aromatic carbocycles. The highest BCUT2D eigenvalue weighted by atomic mass is 16.5. The van der Waals surface area contributed by atoms with E-state index in [4.69, 9.17) is 10.00 Å². The van der Waals surface area contributed by atoms with Crippen LogP contribution >= 0.6 is 0 Å². The summed E-state index contributed by atoms with van der Waals surface area (Å²) in [6.07, 6.45) is 1.86. The fourth-order valence-corrected chi connectivity index (χ4v) is 2.68. The van der Waals surface area contributed by atoms with Crippen molar-refractivity contribution in [1.82, 2.24) is 9.55 Å². The van der Waals surface area contributed by atoms with Crippen molar-refractivity contribution in [1.29, 1.82) is 5.26 Å². The number of aromatic nitrogens is 2. The quantitative estimate of drug-likeness (QED) is 0.521. The molecule has 1 heterocycles. The van der Waals surface area contributed by atoms with Crippen LogP contribution in [0.4, 0.5) is 0 Å². The molecule has 0 amide bonds. The summed E-state index contributed by atoms with van der Waals surface area (Å²) in [7, 11) is 1.93. The van der Waals surface area contributed by atoms with Crippen LogP contribution in [0.3, 0.4) is 0 Å². The van der Waals surface area contributed by atoms with Gasteiger partial charge in [0, 0.05) is 12.6 Å². The third-order valence-electron chi connectivity index (χ3n) is 4.12. The van der Waals surface area contributed by atoms with Gasteiger partial charge in [0.25, 0.3) is 0 Å². The molecule has 0 atom stereocenters. The van der Waals surface area contributed by atoms with Gasteiger partial charge >= 0.3 is 5.97 Å². The van der Waals surface area contributed by atoms with Gasteiger partial charge in [0.15, 0.2) is 0 Å². The fraction of sp³-hybridized carbons (Fsp3) is 0.250. The third kappa shape index (κ3) is 3.38. The average Bonchev–Trinajstić information content (AvgIpc) is 2.98. The minimum atomic E-state index is -0.302. The summed E-state index contributed by atoms with van der Waals surface area (Å²) >= 11 is 0. The van der Waals surface area contributed by atoms with Crippen molar-refractivity contribution in [3.05, 3.63) is 53.6 Å². The molecular formula is C20H19N3O2. The van der Waals surface area contributed by atoms with Gasteiger partial charge in [0.05, 0.1) is 34.8 Å². The van der Waals surface area contributed by atoms with Crippen molar-refractivity contribution in [2.24, 2.45) is 7.05 Å². The Hall–Kier alpha value is -3.13. The molecular weight excluding hydrogens is 314 g/mol. The number of esters is 1. The maximum absolute atomic E-state index is 12.0. The van der Waals surface area contributed by atoms with Crippen molar-refractivity contribution in [3.8, 4) is 17.5 Å². The molecule has 0 aliphatic rings. The van der Waals surface area contributed by atoms with E-state index in [2.05, 4.69) is 18.0 Å². The lowest BCUT2D eigenvalue weighted by Crippen LogP contribution is -2.06. The van der Waals surface area contributed by atoms with Gasteiger partial charge in [-0.25, -0.2) is 9.78 Å². The van der Waals surface area contributed by atoms with Gasteiger partial charge in [-0.05, 0) is 36.8 Å². The number of carbonyl (C=O) groups excluding carboxylic acids is 1. The number of hydrogen-bond acceptors (Lipinski definition) is 4. The monoisotopic (exact) mass is 333 g/mol. The number of hydrogen-bond donors (Lipinski definition) is 0. The largest absolute Gasteiger partial charge is 0.462 e. The van der Waals surface area contributed by atoms with Gasteiger partial charge < -0.3 is 9.30 Å². The van der Waals surface area contributed by atoms with E-state index in [1.54, 1.807) is 24.3 Å². The highest BCUT2D eigenvalue weighted by molar-refractivity contribution is 5.90. The molecule has 0 N–H and O–H groups in total. The summed E-state index contributed by atoms with van der Waals surface area (Å²) in [6, 6.07) is 14.8. The highest BCUT2D eigenvalue weighted by Gasteiger charge is 2.12. The Labute approximate surface area is 146 Å².